The summed E-state index contributed by atoms with van der Waals surface area (Å²) in [6.07, 6.45) is 1.65. The van der Waals surface area contributed by atoms with E-state index < -0.39 is 0 Å². The van der Waals surface area contributed by atoms with Crippen molar-refractivity contribution in [3.63, 3.8) is 0 Å². The summed E-state index contributed by atoms with van der Waals surface area (Å²) in [7, 11) is 1.57. The zero-order chi connectivity index (χ0) is 11.1. The van der Waals surface area contributed by atoms with Gasteiger partial charge in [0.05, 0.1) is 7.11 Å². The maximum atomic E-state index is 5.50. The number of anilines is 1. The third-order valence-corrected chi connectivity index (χ3v) is 1.91. The predicted octanol–water partition coefficient (Wildman–Crippen LogP) is -0.791. The van der Waals surface area contributed by atoms with Crippen molar-refractivity contribution < 1.29 is 4.74 Å². The molecule has 0 aliphatic carbocycles. The van der Waals surface area contributed by atoms with Gasteiger partial charge in [-0.25, -0.2) is 4.98 Å². The maximum absolute atomic E-state index is 5.50. The summed E-state index contributed by atoms with van der Waals surface area (Å²) in [5, 5.41) is 0. The smallest absolute Gasteiger partial charge is 0.228 e. The molecule has 0 aliphatic heterocycles. The van der Waals surface area contributed by atoms with Gasteiger partial charge in [-0.2, -0.15) is 4.98 Å². The molecule has 0 unspecified atom stereocenters. The van der Waals surface area contributed by atoms with Crippen LogP contribution in [0.1, 0.15) is 0 Å². The van der Waals surface area contributed by atoms with E-state index in [4.69, 9.17) is 16.2 Å². The molecular weight excluding hydrogens is 194 g/mol. The number of methoxy groups -OCH3 is 1. The molecule has 15 heavy (non-hydrogen) atoms. The van der Waals surface area contributed by atoms with E-state index in [1.54, 1.807) is 19.4 Å². The van der Waals surface area contributed by atoms with Crippen molar-refractivity contribution in [1.82, 2.24) is 9.97 Å². The molecule has 1 aromatic heterocycles. The number of nitrogens with zero attached hydrogens (tertiary/aromatic N) is 3. The van der Waals surface area contributed by atoms with Crippen molar-refractivity contribution in [2.45, 2.75) is 0 Å². The lowest BCUT2D eigenvalue weighted by atomic mass is 10.5. The Bertz CT molecular complexity index is 288. The van der Waals surface area contributed by atoms with Crippen LogP contribution in [0.5, 0.6) is 5.88 Å². The number of aromatic nitrogens is 2. The van der Waals surface area contributed by atoms with Crippen LogP contribution < -0.4 is 21.1 Å². The van der Waals surface area contributed by atoms with Gasteiger partial charge in [0.1, 0.15) is 0 Å². The molecule has 0 saturated carbocycles. The summed E-state index contributed by atoms with van der Waals surface area (Å²) >= 11 is 0. The third-order valence-electron chi connectivity index (χ3n) is 1.91. The van der Waals surface area contributed by atoms with Crippen LogP contribution in [0.25, 0.3) is 0 Å². The molecule has 0 atom stereocenters. The SMILES string of the molecule is COc1ccnc(N(CCN)CCN)n1. The normalized spacial score (nSPS) is 10.1. The van der Waals surface area contributed by atoms with Crippen LogP contribution in [-0.2, 0) is 0 Å². The van der Waals surface area contributed by atoms with Crippen molar-refractivity contribution in [3.8, 4) is 5.88 Å². The van der Waals surface area contributed by atoms with Crippen LogP contribution in [0.3, 0.4) is 0 Å². The first kappa shape index (κ1) is 11.7. The van der Waals surface area contributed by atoms with Crippen LogP contribution in [0.4, 0.5) is 5.95 Å². The number of hydrogen-bond acceptors (Lipinski definition) is 6. The highest BCUT2D eigenvalue weighted by molar-refractivity contribution is 5.31. The summed E-state index contributed by atoms with van der Waals surface area (Å²) < 4.78 is 5.02. The fraction of sp³-hybridized carbons (Fsp3) is 0.556. The van der Waals surface area contributed by atoms with Crippen molar-refractivity contribution in [3.05, 3.63) is 12.3 Å². The van der Waals surface area contributed by atoms with Gasteiger partial charge in [0.15, 0.2) is 0 Å². The van der Waals surface area contributed by atoms with Crippen LogP contribution >= 0.6 is 0 Å². The van der Waals surface area contributed by atoms with Crippen molar-refractivity contribution in [1.29, 1.82) is 0 Å². The second kappa shape index (κ2) is 6.15. The lowest BCUT2D eigenvalue weighted by Gasteiger charge is -2.20. The van der Waals surface area contributed by atoms with Gasteiger partial charge in [0.25, 0.3) is 0 Å². The van der Waals surface area contributed by atoms with E-state index in [9.17, 15) is 0 Å². The van der Waals surface area contributed by atoms with Crippen molar-refractivity contribution in [2.75, 3.05) is 38.2 Å². The molecule has 4 N–H and O–H groups in total. The molecule has 1 rings (SSSR count). The highest BCUT2D eigenvalue weighted by Gasteiger charge is 2.08. The van der Waals surface area contributed by atoms with Gasteiger partial charge in [0, 0.05) is 38.4 Å². The summed E-state index contributed by atoms with van der Waals surface area (Å²) in [6.45, 7) is 2.45. The van der Waals surface area contributed by atoms with Gasteiger partial charge in [0.2, 0.25) is 11.8 Å². The minimum Gasteiger partial charge on any atom is -0.481 e. The Hall–Kier alpha value is -1.40. The fourth-order valence-corrected chi connectivity index (χ4v) is 1.22. The zero-order valence-corrected chi connectivity index (χ0v) is 8.89. The Kier molecular flexibility index (Phi) is 4.79. The molecule has 0 aliphatic rings. The minimum absolute atomic E-state index is 0.541. The molecular formula is C9H17N5O. The summed E-state index contributed by atoms with van der Waals surface area (Å²) in [5.41, 5.74) is 11.0. The topological polar surface area (TPSA) is 90.3 Å². The molecule has 6 nitrogen and oxygen atoms in total. The van der Waals surface area contributed by atoms with E-state index in [0.29, 0.717) is 38.0 Å². The number of ether oxygens (including phenoxy) is 1. The number of hydrogen-bond donors (Lipinski definition) is 2. The van der Waals surface area contributed by atoms with E-state index in [0.717, 1.165) is 0 Å². The average Bonchev–Trinajstić information content (AvgIpc) is 2.29. The number of nitrogens with two attached hydrogens (primary N) is 2. The minimum atomic E-state index is 0.541. The van der Waals surface area contributed by atoms with E-state index in [1.807, 2.05) is 4.90 Å². The van der Waals surface area contributed by atoms with Gasteiger partial charge in [-0.15, -0.1) is 0 Å². The fourth-order valence-electron chi connectivity index (χ4n) is 1.22. The second-order valence-corrected chi connectivity index (χ2v) is 2.96. The molecule has 6 heteroatoms. The van der Waals surface area contributed by atoms with Crippen LogP contribution in [-0.4, -0.2) is 43.3 Å². The summed E-state index contributed by atoms with van der Waals surface area (Å²) in [5.74, 6) is 1.14. The monoisotopic (exact) mass is 211 g/mol. The van der Waals surface area contributed by atoms with Crippen molar-refractivity contribution in [2.24, 2.45) is 11.5 Å². The van der Waals surface area contributed by atoms with Gasteiger partial charge in [-0.05, 0) is 0 Å². The van der Waals surface area contributed by atoms with E-state index in [1.165, 1.54) is 0 Å². The largest absolute Gasteiger partial charge is 0.481 e. The summed E-state index contributed by atoms with van der Waals surface area (Å²) in [4.78, 5) is 10.3. The third kappa shape index (κ3) is 3.34. The lowest BCUT2D eigenvalue weighted by Crippen LogP contribution is -2.35. The van der Waals surface area contributed by atoms with Gasteiger partial charge in [-0.1, -0.05) is 0 Å². The van der Waals surface area contributed by atoms with Crippen molar-refractivity contribution >= 4 is 5.95 Å². The standard InChI is InChI=1S/C9H17N5O/c1-15-8-2-5-12-9(13-8)14(6-3-10)7-4-11/h2,5H,3-4,6-7,10-11H2,1H3. The lowest BCUT2D eigenvalue weighted by molar-refractivity contribution is 0.396. The molecule has 0 saturated heterocycles. The average molecular weight is 211 g/mol. The zero-order valence-electron chi connectivity index (χ0n) is 8.89. The molecule has 0 amide bonds. The first-order valence-electron chi connectivity index (χ1n) is 4.84. The van der Waals surface area contributed by atoms with Crippen LogP contribution in [0.15, 0.2) is 12.3 Å². The van der Waals surface area contributed by atoms with Crippen LogP contribution in [0, 0.1) is 0 Å². The highest BCUT2D eigenvalue weighted by atomic mass is 16.5. The van der Waals surface area contributed by atoms with Gasteiger partial charge >= 0.3 is 0 Å². The first-order valence-corrected chi connectivity index (χ1v) is 4.84. The Balaban J connectivity index is 2.79. The molecule has 0 fully saturated rings. The Labute approximate surface area is 89.2 Å². The maximum Gasteiger partial charge on any atom is 0.228 e. The first-order chi connectivity index (χ1) is 7.31. The Morgan fingerprint density at radius 1 is 1.33 bits per heavy atom. The Morgan fingerprint density at radius 2 is 2.00 bits per heavy atom. The molecule has 1 aromatic rings. The van der Waals surface area contributed by atoms with E-state index in [-0.39, 0.29) is 0 Å². The predicted molar refractivity (Wildman–Crippen MR) is 58.9 cm³/mol. The number of rotatable bonds is 6. The quantitative estimate of drug-likeness (QED) is 0.641. The second-order valence-electron chi connectivity index (χ2n) is 2.96. The van der Waals surface area contributed by atoms with Crippen LogP contribution in [0.2, 0.25) is 0 Å². The van der Waals surface area contributed by atoms with E-state index in [2.05, 4.69) is 9.97 Å². The molecule has 0 radical (unpaired) electrons. The molecule has 0 spiro atoms. The molecule has 0 bridgehead atoms. The summed E-state index contributed by atoms with van der Waals surface area (Å²) in [6, 6.07) is 1.70. The Morgan fingerprint density at radius 3 is 2.53 bits per heavy atom. The molecule has 0 aromatic carbocycles. The molecule has 84 valence electrons. The molecule has 1 heterocycles. The van der Waals surface area contributed by atoms with E-state index >= 15 is 0 Å². The highest BCUT2D eigenvalue weighted by Crippen LogP contribution is 2.11. The van der Waals surface area contributed by atoms with Gasteiger partial charge in [-0.3, -0.25) is 0 Å². The van der Waals surface area contributed by atoms with Gasteiger partial charge < -0.3 is 21.1 Å².